The predicted molar refractivity (Wildman–Crippen MR) is 124 cm³/mol. The molecule has 1 aromatic heterocycles. The summed E-state index contributed by atoms with van der Waals surface area (Å²) in [6.07, 6.45) is -7.64. The molecule has 37 heavy (non-hydrogen) atoms. The van der Waals surface area contributed by atoms with Crippen LogP contribution in [0.25, 0.3) is 0 Å². The maximum atomic E-state index is 13.1. The van der Waals surface area contributed by atoms with Crippen molar-refractivity contribution >= 4 is 33.2 Å². The first-order valence-electron chi connectivity index (χ1n) is 10.2. The Labute approximate surface area is 212 Å². The van der Waals surface area contributed by atoms with Crippen molar-refractivity contribution in [1.29, 1.82) is 0 Å². The van der Waals surface area contributed by atoms with Crippen LogP contribution in [0.5, 0.6) is 0 Å². The fourth-order valence-electron chi connectivity index (χ4n) is 3.52. The Balaban J connectivity index is 1.96. The van der Waals surface area contributed by atoms with Gasteiger partial charge in [-0.2, -0.15) is 26.3 Å². The fourth-order valence-corrected chi connectivity index (χ4v) is 4.58. The van der Waals surface area contributed by atoms with Crippen molar-refractivity contribution < 1.29 is 39.6 Å². The van der Waals surface area contributed by atoms with Gasteiger partial charge in [-0.05, 0) is 53.1 Å². The number of amides is 1. The van der Waals surface area contributed by atoms with Crippen LogP contribution in [-0.4, -0.2) is 25.6 Å². The minimum absolute atomic E-state index is 0.0356. The second-order valence-electron chi connectivity index (χ2n) is 7.98. The van der Waals surface area contributed by atoms with E-state index in [9.17, 15) is 39.6 Å². The monoisotopic (exact) mass is 565 g/mol. The number of carbonyl (C=O) groups excluding carboxylic acids is 1. The van der Waals surface area contributed by atoms with Crippen LogP contribution in [0.2, 0.25) is 5.02 Å². The van der Waals surface area contributed by atoms with Gasteiger partial charge in [0.1, 0.15) is 5.69 Å². The summed E-state index contributed by atoms with van der Waals surface area (Å²) in [6.45, 7) is -0.525. The second-order valence-corrected chi connectivity index (χ2v) is 10.3. The number of carbonyl (C=O) groups is 1. The Bertz CT molecular complexity index is 1390. The average Bonchev–Trinajstić information content (AvgIpc) is 2.77. The fraction of sp³-hybridized carbons (Fsp3) is 0.217. The zero-order chi connectivity index (χ0) is 27.8. The topological polar surface area (TPSA) is 93.4 Å². The number of halogens is 7. The zero-order valence-corrected chi connectivity index (χ0v) is 20.4. The minimum atomic E-state index is -4.68. The quantitative estimate of drug-likeness (QED) is 0.391. The van der Waals surface area contributed by atoms with E-state index in [0.29, 0.717) is 6.07 Å². The summed E-state index contributed by atoms with van der Waals surface area (Å²) < 4.78 is 104. The maximum absolute atomic E-state index is 13.1. The van der Waals surface area contributed by atoms with Gasteiger partial charge in [0.25, 0.3) is 0 Å². The first kappa shape index (κ1) is 28.3. The molecule has 1 heterocycles. The maximum Gasteiger partial charge on any atom is 0.433 e. The first-order chi connectivity index (χ1) is 17.0. The molecule has 198 valence electrons. The number of rotatable bonds is 7. The summed E-state index contributed by atoms with van der Waals surface area (Å²) in [6, 6.07) is 9.50. The molecule has 6 nitrogen and oxygen atoms in total. The molecule has 3 rings (SSSR count). The van der Waals surface area contributed by atoms with Crippen LogP contribution in [0.4, 0.5) is 32.0 Å². The first-order valence-corrected chi connectivity index (χ1v) is 12.5. The van der Waals surface area contributed by atoms with E-state index in [0.717, 1.165) is 41.0 Å². The van der Waals surface area contributed by atoms with Crippen molar-refractivity contribution in [2.75, 3.05) is 10.6 Å². The lowest BCUT2D eigenvalue weighted by atomic mass is 9.91. The summed E-state index contributed by atoms with van der Waals surface area (Å²) in [5.74, 6) is -2.10. The molecule has 0 bridgehead atoms. The van der Waals surface area contributed by atoms with Gasteiger partial charge in [0.2, 0.25) is 15.9 Å². The molecular formula is C23H18ClF6N3O3S. The van der Waals surface area contributed by atoms with Gasteiger partial charge in [0.05, 0.1) is 30.0 Å². The van der Waals surface area contributed by atoms with E-state index in [1.165, 1.54) is 24.3 Å². The van der Waals surface area contributed by atoms with Gasteiger partial charge in [-0.25, -0.2) is 8.42 Å². The van der Waals surface area contributed by atoms with Gasteiger partial charge in [-0.3, -0.25) is 14.1 Å². The highest BCUT2D eigenvalue weighted by Gasteiger charge is 2.33. The molecule has 0 fully saturated rings. The van der Waals surface area contributed by atoms with Crippen LogP contribution in [-0.2, 0) is 33.7 Å². The van der Waals surface area contributed by atoms with Crippen molar-refractivity contribution in [3.05, 3.63) is 93.8 Å². The molecular weight excluding hydrogens is 548 g/mol. The molecule has 3 aromatic rings. The predicted octanol–water partition coefficient (Wildman–Crippen LogP) is 5.36. The molecule has 0 radical (unpaired) electrons. The van der Waals surface area contributed by atoms with Crippen molar-refractivity contribution in [3.8, 4) is 0 Å². The molecule has 0 spiro atoms. The van der Waals surface area contributed by atoms with Crippen molar-refractivity contribution in [2.24, 2.45) is 5.73 Å². The van der Waals surface area contributed by atoms with E-state index in [2.05, 4.69) is 4.98 Å². The van der Waals surface area contributed by atoms with Crippen LogP contribution in [0.3, 0.4) is 0 Å². The summed E-state index contributed by atoms with van der Waals surface area (Å²) in [5, 5.41) is -0.0816. The van der Waals surface area contributed by atoms with E-state index < -0.39 is 52.0 Å². The van der Waals surface area contributed by atoms with Crippen LogP contribution in [0.1, 0.15) is 33.9 Å². The van der Waals surface area contributed by atoms with Crippen LogP contribution >= 0.6 is 11.6 Å². The number of nitrogens with two attached hydrogens (primary N) is 1. The molecule has 1 atom stereocenters. The summed E-state index contributed by atoms with van der Waals surface area (Å²) >= 11 is 6.02. The van der Waals surface area contributed by atoms with E-state index in [1.807, 2.05) is 0 Å². The van der Waals surface area contributed by atoms with Gasteiger partial charge < -0.3 is 5.73 Å². The van der Waals surface area contributed by atoms with Gasteiger partial charge in [-0.1, -0.05) is 29.8 Å². The Morgan fingerprint density at radius 1 is 0.973 bits per heavy atom. The van der Waals surface area contributed by atoms with Crippen LogP contribution in [0.15, 0.2) is 60.8 Å². The largest absolute Gasteiger partial charge is 0.433 e. The van der Waals surface area contributed by atoms with Crippen LogP contribution in [0, 0.1) is 0 Å². The van der Waals surface area contributed by atoms with E-state index in [-0.39, 0.29) is 27.4 Å². The lowest BCUT2D eigenvalue weighted by Crippen LogP contribution is -2.29. The Kier molecular flexibility index (Phi) is 7.80. The average molecular weight is 566 g/mol. The van der Waals surface area contributed by atoms with Gasteiger partial charge in [0.15, 0.2) is 0 Å². The van der Waals surface area contributed by atoms with E-state index in [1.54, 1.807) is 0 Å². The van der Waals surface area contributed by atoms with E-state index in [4.69, 9.17) is 17.3 Å². The number of primary amides is 1. The summed E-state index contributed by atoms with van der Waals surface area (Å²) in [4.78, 5) is 15.4. The van der Waals surface area contributed by atoms with E-state index >= 15 is 0 Å². The third-order valence-corrected chi connectivity index (χ3v) is 6.81. The number of pyridine rings is 1. The lowest BCUT2D eigenvalue weighted by molar-refractivity contribution is -0.141. The standard InChI is InChI=1S/C23H18ClF6N3O3S/c1-37(35,36)33(12-15-10-16(22(25,26)27)5-8-18(15)24)17-6-2-13(3-7-17)20(21(31)34)14-4-9-19(32-11-14)23(28,29)30/h2-11,20H,12H2,1H3,(H2,31,34). The molecule has 2 aromatic carbocycles. The number of hydrogen-bond acceptors (Lipinski definition) is 4. The van der Waals surface area contributed by atoms with Crippen molar-refractivity contribution in [3.63, 3.8) is 0 Å². The Morgan fingerprint density at radius 3 is 2.03 bits per heavy atom. The number of hydrogen-bond donors (Lipinski definition) is 1. The molecule has 1 unspecified atom stereocenters. The Hall–Kier alpha value is -3.32. The lowest BCUT2D eigenvalue weighted by Gasteiger charge is -2.24. The summed E-state index contributed by atoms with van der Waals surface area (Å²) in [5.41, 5.74) is 3.52. The molecule has 0 aliphatic carbocycles. The molecule has 0 saturated heterocycles. The minimum Gasteiger partial charge on any atom is -0.369 e. The van der Waals surface area contributed by atoms with Crippen molar-refractivity contribution in [1.82, 2.24) is 4.98 Å². The number of anilines is 1. The third-order valence-electron chi connectivity index (χ3n) is 5.30. The highest BCUT2D eigenvalue weighted by molar-refractivity contribution is 7.92. The second kappa shape index (κ2) is 10.2. The number of benzene rings is 2. The number of alkyl halides is 6. The number of sulfonamides is 1. The van der Waals surface area contributed by atoms with Gasteiger partial charge in [-0.15, -0.1) is 0 Å². The van der Waals surface area contributed by atoms with Gasteiger partial charge in [0, 0.05) is 11.2 Å². The van der Waals surface area contributed by atoms with Crippen molar-refractivity contribution in [2.45, 2.75) is 24.8 Å². The highest BCUT2D eigenvalue weighted by atomic mass is 35.5. The molecule has 1 amide bonds. The number of nitrogens with zero attached hydrogens (tertiary/aromatic N) is 2. The molecule has 0 aliphatic rings. The normalized spacial score (nSPS) is 13.3. The third kappa shape index (κ3) is 6.72. The summed E-state index contributed by atoms with van der Waals surface area (Å²) in [7, 11) is -4.02. The van der Waals surface area contributed by atoms with Gasteiger partial charge >= 0.3 is 12.4 Å². The highest BCUT2D eigenvalue weighted by Crippen LogP contribution is 2.34. The zero-order valence-electron chi connectivity index (χ0n) is 18.8. The number of aromatic nitrogens is 1. The smallest absolute Gasteiger partial charge is 0.369 e. The SMILES string of the molecule is CS(=O)(=O)N(Cc1cc(C(F)(F)F)ccc1Cl)c1ccc(C(C(N)=O)c2ccc(C(F)(F)F)nc2)cc1. The Morgan fingerprint density at radius 2 is 1.57 bits per heavy atom. The molecule has 0 saturated carbocycles. The molecule has 0 aliphatic heterocycles. The molecule has 14 heteroatoms. The molecule has 2 N–H and O–H groups in total. The van der Waals surface area contributed by atoms with Crippen LogP contribution < -0.4 is 10.0 Å².